The van der Waals surface area contributed by atoms with E-state index in [1.165, 1.54) is 12.1 Å². The van der Waals surface area contributed by atoms with E-state index < -0.39 is 10.0 Å². The largest absolute Gasteiger partial charge is 0.335 e. The molecule has 0 radical (unpaired) electrons. The van der Waals surface area contributed by atoms with E-state index in [-0.39, 0.29) is 10.8 Å². The third-order valence-corrected chi connectivity index (χ3v) is 5.62. The van der Waals surface area contributed by atoms with Crippen molar-refractivity contribution in [3.8, 4) is 0 Å². The molecule has 0 aliphatic carbocycles. The lowest BCUT2D eigenvalue weighted by Gasteiger charge is -2.21. The SMILES string of the molecule is CCN(Cc1ccccc1)C(=O)c1ccc(S(=O)(=O)NCCN(C)C)cc1. The average Bonchev–Trinajstić information content (AvgIpc) is 2.66. The van der Waals surface area contributed by atoms with Crippen molar-refractivity contribution in [3.05, 3.63) is 65.7 Å². The summed E-state index contributed by atoms with van der Waals surface area (Å²) >= 11 is 0. The summed E-state index contributed by atoms with van der Waals surface area (Å²) in [5.41, 5.74) is 1.53. The summed E-state index contributed by atoms with van der Waals surface area (Å²) in [4.78, 5) is 16.5. The molecule has 0 aliphatic rings. The van der Waals surface area contributed by atoms with Gasteiger partial charge in [-0.05, 0) is 50.8 Å². The molecule has 0 saturated heterocycles. The molecular weight excluding hydrogens is 362 g/mol. The molecule has 2 rings (SSSR count). The van der Waals surface area contributed by atoms with Crippen LogP contribution in [0, 0.1) is 0 Å². The van der Waals surface area contributed by atoms with Crippen LogP contribution in [0.2, 0.25) is 0 Å². The summed E-state index contributed by atoms with van der Waals surface area (Å²) in [6.45, 7) is 3.95. The lowest BCUT2D eigenvalue weighted by Crippen LogP contribution is -2.32. The number of hydrogen-bond donors (Lipinski definition) is 1. The van der Waals surface area contributed by atoms with Crippen molar-refractivity contribution in [2.45, 2.75) is 18.4 Å². The molecule has 2 aromatic carbocycles. The first-order chi connectivity index (χ1) is 12.8. The number of nitrogens with one attached hydrogen (secondary N) is 1. The van der Waals surface area contributed by atoms with E-state index >= 15 is 0 Å². The van der Waals surface area contributed by atoms with E-state index in [1.54, 1.807) is 17.0 Å². The number of likely N-dealkylation sites (N-methyl/N-ethyl adjacent to an activating group) is 1. The van der Waals surface area contributed by atoms with Gasteiger partial charge in [-0.25, -0.2) is 13.1 Å². The summed E-state index contributed by atoms with van der Waals surface area (Å²) in [6.07, 6.45) is 0. The summed E-state index contributed by atoms with van der Waals surface area (Å²) in [6, 6.07) is 15.9. The number of carbonyl (C=O) groups excluding carboxylic acids is 1. The van der Waals surface area contributed by atoms with Gasteiger partial charge in [0.25, 0.3) is 5.91 Å². The normalized spacial score (nSPS) is 11.6. The van der Waals surface area contributed by atoms with Crippen LogP contribution >= 0.6 is 0 Å². The Morgan fingerprint density at radius 3 is 2.19 bits per heavy atom. The van der Waals surface area contributed by atoms with Crippen molar-refractivity contribution >= 4 is 15.9 Å². The summed E-state index contributed by atoms with van der Waals surface area (Å²) in [7, 11) is 0.183. The van der Waals surface area contributed by atoms with Gasteiger partial charge in [0.2, 0.25) is 10.0 Å². The number of amides is 1. The number of nitrogens with zero attached hydrogens (tertiary/aromatic N) is 2. The second-order valence-corrected chi connectivity index (χ2v) is 8.30. The maximum absolute atomic E-state index is 12.7. The molecule has 0 spiro atoms. The first-order valence-corrected chi connectivity index (χ1v) is 10.4. The minimum atomic E-state index is -3.57. The third kappa shape index (κ3) is 6.16. The van der Waals surface area contributed by atoms with Crippen LogP contribution in [-0.2, 0) is 16.6 Å². The van der Waals surface area contributed by atoms with Gasteiger partial charge < -0.3 is 9.80 Å². The van der Waals surface area contributed by atoms with Gasteiger partial charge >= 0.3 is 0 Å². The van der Waals surface area contributed by atoms with Crippen LogP contribution in [0.4, 0.5) is 0 Å². The average molecular weight is 390 g/mol. The third-order valence-electron chi connectivity index (χ3n) is 4.15. The Kier molecular flexibility index (Phi) is 7.53. The molecular formula is C20H27N3O3S. The lowest BCUT2D eigenvalue weighted by atomic mass is 10.1. The molecule has 2 aromatic rings. The zero-order valence-corrected chi connectivity index (χ0v) is 16.9. The van der Waals surface area contributed by atoms with E-state index in [0.717, 1.165) is 5.56 Å². The first-order valence-electron chi connectivity index (χ1n) is 8.91. The number of carbonyl (C=O) groups is 1. The van der Waals surface area contributed by atoms with Crippen LogP contribution in [0.1, 0.15) is 22.8 Å². The second-order valence-electron chi connectivity index (χ2n) is 6.53. The van der Waals surface area contributed by atoms with E-state index in [9.17, 15) is 13.2 Å². The molecule has 0 atom stereocenters. The van der Waals surface area contributed by atoms with Crippen LogP contribution in [0.5, 0.6) is 0 Å². The minimum absolute atomic E-state index is 0.120. The van der Waals surface area contributed by atoms with Crippen LogP contribution in [0.25, 0.3) is 0 Å². The molecule has 27 heavy (non-hydrogen) atoms. The molecule has 0 fully saturated rings. The molecule has 146 valence electrons. The Morgan fingerprint density at radius 1 is 1.00 bits per heavy atom. The number of rotatable bonds is 9. The van der Waals surface area contributed by atoms with Gasteiger partial charge in [-0.15, -0.1) is 0 Å². The zero-order valence-electron chi connectivity index (χ0n) is 16.1. The summed E-state index contributed by atoms with van der Waals surface area (Å²) < 4.78 is 27.2. The highest BCUT2D eigenvalue weighted by Gasteiger charge is 2.17. The van der Waals surface area contributed by atoms with Gasteiger partial charge in [0, 0.05) is 31.7 Å². The highest BCUT2D eigenvalue weighted by molar-refractivity contribution is 7.89. The zero-order chi connectivity index (χ0) is 19.9. The quantitative estimate of drug-likeness (QED) is 0.714. The van der Waals surface area contributed by atoms with Gasteiger partial charge in [0.05, 0.1) is 4.90 Å². The van der Waals surface area contributed by atoms with Crippen molar-refractivity contribution in [1.82, 2.24) is 14.5 Å². The van der Waals surface area contributed by atoms with E-state index in [4.69, 9.17) is 0 Å². The maximum Gasteiger partial charge on any atom is 0.254 e. The van der Waals surface area contributed by atoms with Crippen LogP contribution in [0.15, 0.2) is 59.5 Å². The molecule has 0 unspecified atom stereocenters. The Morgan fingerprint density at radius 2 is 1.63 bits per heavy atom. The standard InChI is InChI=1S/C20H27N3O3S/c1-4-23(16-17-8-6-5-7-9-17)20(24)18-10-12-19(13-11-18)27(25,26)21-14-15-22(2)3/h5-13,21H,4,14-16H2,1-3H3. The maximum atomic E-state index is 12.7. The van der Waals surface area contributed by atoms with Crippen molar-refractivity contribution in [1.29, 1.82) is 0 Å². The highest BCUT2D eigenvalue weighted by Crippen LogP contribution is 2.14. The highest BCUT2D eigenvalue weighted by atomic mass is 32.2. The van der Waals surface area contributed by atoms with Gasteiger partial charge in [0.1, 0.15) is 0 Å². The van der Waals surface area contributed by atoms with Gasteiger partial charge in [0.15, 0.2) is 0 Å². The fourth-order valence-electron chi connectivity index (χ4n) is 2.58. The Balaban J connectivity index is 2.07. The number of benzene rings is 2. The second kappa shape index (κ2) is 9.64. The Labute approximate surface area is 161 Å². The van der Waals surface area contributed by atoms with E-state index in [1.807, 2.05) is 56.3 Å². The number of sulfonamides is 1. The molecule has 0 aliphatic heterocycles. The predicted molar refractivity (Wildman–Crippen MR) is 107 cm³/mol. The topological polar surface area (TPSA) is 69.7 Å². The lowest BCUT2D eigenvalue weighted by molar-refractivity contribution is 0.0752. The molecule has 0 aromatic heterocycles. The van der Waals surface area contributed by atoms with E-state index in [2.05, 4.69) is 4.72 Å². The number of hydrogen-bond acceptors (Lipinski definition) is 4. The van der Waals surface area contributed by atoms with Gasteiger partial charge in [-0.2, -0.15) is 0 Å². The van der Waals surface area contributed by atoms with Crippen molar-refractivity contribution < 1.29 is 13.2 Å². The van der Waals surface area contributed by atoms with Crippen molar-refractivity contribution in [3.63, 3.8) is 0 Å². The molecule has 1 N–H and O–H groups in total. The Hall–Kier alpha value is -2.22. The smallest absolute Gasteiger partial charge is 0.254 e. The van der Waals surface area contributed by atoms with E-state index in [0.29, 0.717) is 31.7 Å². The van der Waals surface area contributed by atoms with Crippen molar-refractivity contribution in [2.24, 2.45) is 0 Å². The van der Waals surface area contributed by atoms with Crippen LogP contribution in [0.3, 0.4) is 0 Å². The van der Waals surface area contributed by atoms with Gasteiger partial charge in [-0.1, -0.05) is 30.3 Å². The minimum Gasteiger partial charge on any atom is -0.335 e. The molecule has 0 bridgehead atoms. The predicted octanol–water partition coefficient (Wildman–Crippen LogP) is 2.19. The summed E-state index contributed by atoms with van der Waals surface area (Å²) in [5, 5.41) is 0. The van der Waals surface area contributed by atoms with Crippen molar-refractivity contribution in [2.75, 3.05) is 33.7 Å². The van der Waals surface area contributed by atoms with Crippen LogP contribution < -0.4 is 4.72 Å². The van der Waals surface area contributed by atoms with Gasteiger partial charge in [-0.3, -0.25) is 4.79 Å². The van der Waals surface area contributed by atoms with Crippen LogP contribution in [-0.4, -0.2) is 57.9 Å². The molecule has 0 saturated carbocycles. The molecule has 7 heteroatoms. The molecule has 1 amide bonds. The Bertz CT molecular complexity index is 835. The summed E-state index contributed by atoms with van der Waals surface area (Å²) in [5.74, 6) is -0.120. The molecule has 0 heterocycles. The molecule has 6 nitrogen and oxygen atoms in total. The monoisotopic (exact) mass is 389 g/mol. The fraction of sp³-hybridized carbons (Fsp3) is 0.350. The fourth-order valence-corrected chi connectivity index (χ4v) is 3.60. The first kappa shape index (κ1) is 21.1.